The summed E-state index contributed by atoms with van der Waals surface area (Å²) in [6, 6.07) is 11.2. The standard InChI is InChI=1S/C28H43B2NO4S/c1-3-5-7-9-10-12-14-22(13-11-8-6-4-2)21-31-25-17-15-23(29(32)33)19-27(25)36-28-20-24(30(34)35)16-18-26(28)31/h15-20,22,32-35H,3-14,21H2,1-2H3. The summed E-state index contributed by atoms with van der Waals surface area (Å²) in [5, 5.41) is 38.9. The Morgan fingerprint density at radius 1 is 0.667 bits per heavy atom. The molecule has 36 heavy (non-hydrogen) atoms. The van der Waals surface area contributed by atoms with Crippen molar-refractivity contribution in [2.75, 3.05) is 11.4 Å². The molecule has 1 unspecified atom stereocenters. The molecule has 0 saturated carbocycles. The number of hydrogen-bond donors (Lipinski definition) is 4. The first kappa shape index (κ1) is 29.1. The molecule has 0 aromatic heterocycles. The maximum absolute atomic E-state index is 9.73. The first-order valence-corrected chi connectivity index (χ1v) is 14.7. The summed E-state index contributed by atoms with van der Waals surface area (Å²) in [7, 11) is -3.04. The van der Waals surface area contributed by atoms with E-state index >= 15 is 0 Å². The summed E-state index contributed by atoms with van der Waals surface area (Å²) in [5.41, 5.74) is 3.09. The second-order valence-electron chi connectivity index (χ2n) is 10.2. The van der Waals surface area contributed by atoms with Crippen LogP contribution in [0.15, 0.2) is 46.2 Å². The van der Waals surface area contributed by atoms with E-state index in [-0.39, 0.29) is 0 Å². The van der Waals surface area contributed by atoms with Crippen LogP contribution in [0.2, 0.25) is 0 Å². The molecule has 8 heteroatoms. The highest BCUT2D eigenvalue weighted by atomic mass is 32.2. The average Bonchev–Trinajstić information content (AvgIpc) is 2.87. The van der Waals surface area contributed by atoms with Crippen molar-refractivity contribution < 1.29 is 20.1 Å². The molecule has 0 bridgehead atoms. The van der Waals surface area contributed by atoms with Crippen LogP contribution in [0.5, 0.6) is 0 Å². The molecular weight excluding hydrogens is 468 g/mol. The lowest BCUT2D eigenvalue weighted by molar-refractivity contribution is 0.409. The Bertz CT molecular complexity index is 886. The van der Waals surface area contributed by atoms with Crippen molar-refractivity contribution in [2.45, 2.75) is 101 Å². The van der Waals surface area contributed by atoms with E-state index in [1.165, 1.54) is 77.0 Å². The minimum Gasteiger partial charge on any atom is -0.423 e. The van der Waals surface area contributed by atoms with Crippen LogP contribution < -0.4 is 15.8 Å². The molecule has 2 aromatic rings. The topological polar surface area (TPSA) is 84.2 Å². The fourth-order valence-electron chi connectivity index (χ4n) is 5.10. The molecular formula is C28H43B2NO4S. The van der Waals surface area contributed by atoms with Gasteiger partial charge in [-0.3, -0.25) is 0 Å². The summed E-state index contributed by atoms with van der Waals surface area (Å²) in [6.45, 7) is 5.42. The summed E-state index contributed by atoms with van der Waals surface area (Å²) in [6.07, 6.45) is 15.3. The maximum atomic E-state index is 9.73. The van der Waals surface area contributed by atoms with Gasteiger partial charge >= 0.3 is 14.2 Å². The van der Waals surface area contributed by atoms with Crippen molar-refractivity contribution in [1.82, 2.24) is 0 Å². The third kappa shape index (κ3) is 8.29. The van der Waals surface area contributed by atoms with E-state index in [0.29, 0.717) is 16.8 Å². The molecule has 0 aliphatic carbocycles. The summed E-state index contributed by atoms with van der Waals surface area (Å²) >= 11 is 1.54. The number of unbranched alkanes of at least 4 members (excludes halogenated alkanes) is 8. The largest absolute Gasteiger partial charge is 0.488 e. The van der Waals surface area contributed by atoms with Gasteiger partial charge in [0.15, 0.2) is 0 Å². The van der Waals surface area contributed by atoms with Crippen LogP contribution >= 0.6 is 11.8 Å². The lowest BCUT2D eigenvalue weighted by Crippen LogP contribution is -2.33. The molecule has 196 valence electrons. The van der Waals surface area contributed by atoms with Crippen molar-refractivity contribution in [2.24, 2.45) is 5.92 Å². The Morgan fingerprint density at radius 2 is 1.11 bits per heavy atom. The fraction of sp³-hybridized carbons (Fsp3) is 0.571. The first-order chi connectivity index (χ1) is 17.4. The van der Waals surface area contributed by atoms with Gasteiger partial charge in [-0.2, -0.15) is 0 Å². The summed E-state index contributed by atoms with van der Waals surface area (Å²) < 4.78 is 0. The highest BCUT2D eigenvalue weighted by molar-refractivity contribution is 7.99. The minimum absolute atomic E-state index is 0.464. The van der Waals surface area contributed by atoms with E-state index in [2.05, 4.69) is 18.7 Å². The zero-order valence-corrected chi connectivity index (χ0v) is 22.8. The lowest BCUT2D eigenvalue weighted by Gasteiger charge is -2.36. The maximum Gasteiger partial charge on any atom is 0.488 e. The number of rotatable bonds is 16. The van der Waals surface area contributed by atoms with Crippen LogP contribution in [0.3, 0.4) is 0 Å². The second-order valence-corrected chi connectivity index (χ2v) is 11.3. The molecule has 0 spiro atoms. The average molecular weight is 511 g/mol. The molecule has 0 amide bonds. The molecule has 0 fully saturated rings. The molecule has 0 saturated heterocycles. The van der Waals surface area contributed by atoms with Gasteiger partial charge in [0.05, 0.1) is 11.4 Å². The Morgan fingerprint density at radius 3 is 1.58 bits per heavy atom. The second kappa shape index (κ2) is 15.1. The van der Waals surface area contributed by atoms with Gasteiger partial charge in [0, 0.05) is 16.3 Å². The van der Waals surface area contributed by atoms with Crippen molar-refractivity contribution in [1.29, 1.82) is 0 Å². The summed E-state index contributed by atoms with van der Waals surface area (Å²) in [5.74, 6) is 0.572. The van der Waals surface area contributed by atoms with Gasteiger partial charge in [-0.05, 0) is 54.0 Å². The Kier molecular flexibility index (Phi) is 12.2. The van der Waals surface area contributed by atoms with E-state index in [9.17, 15) is 20.1 Å². The van der Waals surface area contributed by atoms with Crippen molar-refractivity contribution in [3.8, 4) is 0 Å². The Hall–Kier alpha value is -1.44. The van der Waals surface area contributed by atoms with Gasteiger partial charge in [0.2, 0.25) is 0 Å². The fourth-order valence-corrected chi connectivity index (χ4v) is 6.29. The number of nitrogens with zero attached hydrogens (tertiary/aromatic N) is 1. The quantitative estimate of drug-likeness (QED) is 0.188. The van der Waals surface area contributed by atoms with Gasteiger partial charge in [-0.15, -0.1) is 0 Å². The van der Waals surface area contributed by atoms with Gasteiger partial charge in [-0.1, -0.05) is 102 Å². The monoisotopic (exact) mass is 511 g/mol. The van der Waals surface area contributed by atoms with E-state index in [4.69, 9.17) is 0 Å². The predicted octanol–water partition coefficient (Wildman–Crippen LogP) is 4.99. The van der Waals surface area contributed by atoms with Crippen LogP contribution in [-0.4, -0.2) is 40.9 Å². The van der Waals surface area contributed by atoms with Gasteiger partial charge in [0.1, 0.15) is 0 Å². The predicted molar refractivity (Wildman–Crippen MR) is 154 cm³/mol. The van der Waals surface area contributed by atoms with Gasteiger partial charge in [0.25, 0.3) is 0 Å². The van der Waals surface area contributed by atoms with Crippen LogP contribution in [0.4, 0.5) is 11.4 Å². The number of hydrogen-bond acceptors (Lipinski definition) is 6. The van der Waals surface area contributed by atoms with Gasteiger partial charge < -0.3 is 25.0 Å². The zero-order chi connectivity index (χ0) is 25.9. The van der Waals surface area contributed by atoms with Crippen LogP contribution in [0.1, 0.15) is 90.9 Å². The van der Waals surface area contributed by atoms with Gasteiger partial charge in [-0.25, -0.2) is 0 Å². The Labute approximate surface area is 222 Å². The molecule has 2 aromatic carbocycles. The molecule has 1 aliphatic rings. The van der Waals surface area contributed by atoms with Crippen molar-refractivity contribution >= 4 is 48.3 Å². The molecule has 0 radical (unpaired) electrons. The highest BCUT2D eigenvalue weighted by Gasteiger charge is 2.28. The van der Waals surface area contributed by atoms with E-state index in [1.54, 1.807) is 23.9 Å². The van der Waals surface area contributed by atoms with Crippen molar-refractivity contribution in [3.63, 3.8) is 0 Å². The third-order valence-corrected chi connectivity index (χ3v) is 8.33. The molecule has 5 nitrogen and oxygen atoms in total. The van der Waals surface area contributed by atoms with Crippen LogP contribution in [-0.2, 0) is 0 Å². The zero-order valence-electron chi connectivity index (χ0n) is 22.0. The van der Waals surface area contributed by atoms with Crippen molar-refractivity contribution in [3.05, 3.63) is 36.4 Å². The molecule has 1 heterocycles. The van der Waals surface area contributed by atoms with Crippen LogP contribution in [0, 0.1) is 5.92 Å². The van der Waals surface area contributed by atoms with Crippen LogP contribution in [0.25, 0.3) is 0 Å². The first-order valence-electron chi connectivity index (χ1n) is 13.9. The smallest absolute Gasteiger partial charge is 0.423 e. The molecule has 1 atom stereocenters. The third-order valence-electron chi connectivity index (χ3n) is 7.24. The number of fused-ring (bicyclic) bond motifs is 2. The summed E-state index contributed by atoms with van der Waals surface area (Å²) in [4.78, 5) is 4.29. The van der Waals surface area contributed by atoms with E-state index < -0.39 is 14.2 Å². The van der Waals surface area contributed by atoms with E-state index in [1.807, 2.05) is 24.3 Å². The Balaban J connectivity index is 1.83. The lowest BCUT2D eigenvalue weighted by atomic mass is 9.80. The SMILES string of the molecule is CCCCCCCCC(CCCCCC)CN1c2ccc(B(O)O)cc2Sc2cc(B(O)O)ccc21. The molecule has 3 rings (SSSR count). The van der Waals surface area contributed by atoms with E-state index in [0.717, 1.165) is 27.7 Å². The molecule has 1 aliphatic heterocycles. The number of benzene rings is 2. The molecule has 4 N–H and O–H groups in total. The highest BCUT2D eigenvalue weighted by Crippen LogP contribution is 2.48. The number of anilines is 2. The minimum atomic E-state index is -1.52. The normalized spacial score (nSPS) is 13.3.